The molecule has 0 spiro atoms. The van der Waals surface area contributed by atoms with Gasteiger partial charge in [-0.2, -0.15) is 0 Å². The first-order valence-corrected chi connectivity index (χ1v) is 8.93. The number of carbonyl (C=O) groups excluding carboxylic acids is 1. The van der Waals surface area contributed by atoms with Crippen LogP contribution in [0.2, 0.25) is 0 Å². The topological polar surface area (TPSA) is 49.8 Å². The van der Waals surface area contributed by atoms with E-state index >= 15 is 0 Å². The quantitative estimate of drug-likeness (QED) is 0.535. The number of rotatable bonds is 12. The van der Waals surface area contributed by atoms with Gasteiger partial charge in [-0.05, 0) is 24.7 Å². The van der Waals surface area contributed by atoms with Crippen LogP contribution in [0.4, 0.5) is 4.79 Å². The lowest BCUT2D eigenvalue weighted by molar-refractivity contribution is 0.0829. The summed E-state index contributed by atoms with van der Waals surface area (Å²) < 4.78 is 5.06. The van der Waals surface area contributed by atoms with Crippen molar-refractivity contribution in [2.24, 2.45) is 5.41 Å². The van der Waals surface area contributed by atoms with E-state index in [2.05, 4.69) is 27.7 Å². The summed E-state index contributed by atoms with van der Waals surface area (Å²) >= 11 is 0. The highest BCUT2D eigenvalue weighted by Crippen LogP contribution is 2.22. The molecule has 0 aromatic rings. The third kappa shape index (κ3) is 12.9. The Morgan fingerprint density at radius 2 is 1.59 bits per heavy atom. The van der Waals surface area contributed by atoms with E-state index in [0.29, 0.717) is 5.41 Å². The monoisotopic (exact) mass is 315 g/mol. The highest BCUT2D eigenvalue weighted by molar-refractivity contribution is 5.67. The van der Waals surface area contributed by atoms with Crippen LogP contribution in [0.15, 0.2) is 0 Å². The number of hydrogen-bond acceptors (Lipinski definition) is 3. The fourth-order valence-corrected chi connectivity index (χ4v) is 2.38. The molecule has 0 saturated heterocycles. The molecule has 0 radical (unpaired) electrons. The summed E-state index contributed by atoms with van der Waals surface area (Å²) in [6, 6.07) is 0. The van der Waals surface area contributed by atoms with Gasteiger partial charge in [0.25, 0.3) is 0 Å². The van der Waals surface area contributed by atoms with E-state index in [1.807, 2.05) is 4.90 Å². The molecule has 0 atom stereocenters. The lowest BCUT2D eigenvalue weighted by Gasteiger charge is -2.22. The first-order valence-electron chi connectivity index (χ1n) is 8.93. The Balaban J connectivity index is 4.02. The molecule has 0 aliphatic heterocycles. The number of aliphatic hydroxyl groups is 1. The van der Waals surface area contributed by atoms with E-state index in [9.17, 15) is 4.79 Å². The minimum absolute atomic E-state index is 0.0916. The van der Waals surface area contributed by atoms with Gasteiger partial charge in [0.2, 0.25) is 0 Å². The fraction of sp³-hybridized carbons (Fsp3) is 0.944. The van der Waals surface area contributed by atoms with E-state index in [0.717, 1.165) is 38.8 Å². The van der Waals surface area contributed by atoms with Crippen LogP contribution in [0.25, 0.3) is 0 Å². The molecule has 0 aliphatic rings. The molecule has 0 heterocycles. The average Bonchev–Trinajstić information content (AvgIpc) is 2.45. The minimum atomic E-state index is -0.277. The van der Waals surface area contributed by atoms with Crippen LogP contribution in [-0.2, 0) is 4.74 Å². The van der Waals surface area contributed by atoms with E-state index < -0.39 is 0 Å². The fourth-order valence-electron chi connectivity index (χ4n) is 2.38. The van der Waals surface area contributed by atoms with Crippen molar-refractivity contribution < 1.29 is 14.6 Å². The van der Waals surface area contributed by atoms with Gasteiger partial charge in [-0.3, -0.25) is 0 Å². The summed E-state index contributed by atoms with van der Waals surface area (Å²) in [5.41, 5.74) is 0.389. The number of ether oxygens (including phenoxy) is 1. The zero-order chi connectivity index (χ0) is 16.8. The number of carbonyl (C=O) groups is 1. The SMILES string of the molecule is CCCCCCN(CCCCCC(C)(C)C)C(=O)OCCO. The van der Waals surface area contributed by atoms with E-state index in [-0.39, 0.29) is 19.3 Å². The standard InChI is InChI=1S/C18H37NO3/c1-5-6-7-10-13-19(17(21)22-16-15-20)14-11-8-9-12-18(2,3)4/h20H,5-16H2,1-4H3. The number of nitrogens with zero attached hydrogens (tertiary/aromatic N) is 1. The second-order valence-electron chi connectivity index (χ2n) is 7.26. The zero-order valence-electron chi connectivity index (χ0n) is 15.2. The number of amides is 1. The Kier molecular flexibility index (Phi) is 12.3. The van der Waals surface area contributed by atoms with Gasteiger partial charge in [0.1, 0.15) is 6.61 Å². The van der Waals surface area contributed by atoms with E-state index in [4.69, 9.17) is 9.84 Å². The van der Waals surface area contributed by atoms with Gasteiger partial charge in [-0.25, -0.2) is 4.79 Å². The molecule has 0 aromatic heterocycles. The highest BCUT2D eigenvalue weighted by atomic mass is 16.6. The van der Waals surface area contributed by atoms with Gasteiger partial charge in [-0.15, -0.1) is 0 Å². The lowest BCUT2D eigenvalue weighted by Crippen LogP contribution is -2.34. The Morgan fingerprint density at radius 1 is 1.00 bits per heavy atom. The van der Waals surface area contributed by atoms with Crippen LogP contribution < -0.4 is 0 Å². The number of unbranched alkanes of at least 4 members (excludes halogenated alkanes) is 5. The van der Waals surface area contributed by atoms with Gasteiger partial charge >= 0.3 is 6.09 Å². The molecule has 1 amide bonds. The summed E-state index contributed by atoms with van der Waals surface area (Å²) in [4.78, 5) is 13.8. The van der Waals surface area contributed by atoms with Crippen LogP contribution >= 0.6 is 0 Å². The second-order valence-corrected chi connectivity index (χ2v) is 7.26. The van der Waals surface area contributed by atoms with E-state index in [1.165, 1.54) is 25.7 Å². The Hall–Kier alpha value is -0.770. The molecule has 4 heteroatoms. The van der Waals surface area contributed by atoms with Crippen LogP contribution in [0.5, 0.6) is 0 Å². The van der Waals surface area contributed by atoms with Gasteiger partial charge in [0.15, 0.2) is 0 Å². The normalized spacial score (nSPS) is 11.5. The highest BCUT2D eigenvalue weighted by Gasteiger charge is 2.14. The first-order chi connectivity index (χ1) is 10.4. The molecule has 4 nitrogen and oxygen atoms in total. The third-order valence-electron chi connectivity index (χ3n) is 3.71. The van der Waals surface area contributed by atoms with Crippen LogP contribution in [0, 0.1) is 5.41 Å². The maximum absolute atomic E-state index is 12.0. The third-order valence-corrected chi connectivity index (χ3v) is 3.71. The van der Waals surface area contributed by atoms with Crippen molar-refractivity contribution in [3.8, 4) is 0 Å². The summed E-state index contributed by atoms with van der Waals surface area (Å²) in [5, 5.41) is 8.77. The molecular formula is C18H37NO3. The number of hydrogen-bond donors (Lipinski definition) is 1. The van der Waals surface area contributed by atoms with Crippen molar-refractivity contribution in [1.82, 2.24) is 4.90 Å². The van der Waals surface area contributed by atoms with Crippen LogP contribution in [0.1, 0.15) is 79.1 Å². The molecule has 0 rings (SSSR count). The molecule has 132 valence electrons. The molecule has 1 N–H and O–H groups in total. The van der Waals surface area contributed by atoms with Crippen molar-refractivity contribution >= 4 is 6.09 Å². The van der Waals surface area contributed by atoms with Crippen molar-refractivity contribution in [2.45, 2.75) is 79.1 Å². The summed E-state index contributed by atoms with van der Waals surface area (Å²) in [6.45, 7) is 10.5. The van der Waals surface area contributed by atoms with Gasteiger partial charge in [-0.1, -0.05) is 59.8 Å². The molecule has 0 saturated carbocycles. The summed E-state index contributed by atoms with van der Waals surface area (Å²) in [5.74, 6) is 0. The van der Waals surface area contributed by atoms with Crippen molar-refractivity contribution in [3.05, 3.63) is 0 Å². The summed E-state index contributed by atoms with van der Waals surface area (Å²) in [7, 11) is 0. The predicted molar refractivity (Wildman–Crippen MR) is 92.1 cm³/mol. The molecule has 0 aliphatic carbocycles. The Morgan fingerprint density at radius 3 is 2.09 bits per heavy atom. The van der Waals surface area contributed by atoms with Crippen molar-refractivity contribution in [2.75, 3.05) is 26.3 Å². The molecular weight excluding hydrogens is 278 g/mol. The number of aliphatic hydroxyl groups excluding tert-OH is 1. The smallest absolute Gasteiger partial charge is 0.409 e. The van der Waals surface area contributed by atoms with Gasteiger partial charge in [0.05, 0.1) is 6.61 Å². The summed E-state index contributed by atoms with van der Waals surface area (Å²) in [6.07, 6.45) is 8.92. The average molecular weight is 315 g/mol. The molecule has 0 unspecified atom stereocenters. The van der Waals surface area contributed by atoms with Crippen molar-refractivity contribution in [1.29, 1.82) is 0 Å². The Bertz CT molecular complexity index is 274. The minimum Gasteiger partial charge on any atom is -0.447 e. The van der Waals surface area contributed by atoms with Gasteiger partial charge in [0, 0.05) is 13.1 Å². The molecule has 0 bridgehead atoms. The van der Waals surface area contributed by atoms with Crippen molar-refractivity contribution in [3.63, 3.8) is 0 Å². The second kappa shape index (κ2) is 12.7. The molecule has 0 aromatic carbocycles. The maximum Gasteiger partial charge on any atom is 0.409 e. The van der Waals surface area contributed by atoms with Crippen LogP contribution in [0.3, 0.4) is 0 Å². The lowest BCUT2D eigenvalue weighted by atomic mass is 9.89. The van der Waals surface area contributed by atoms with Gasteiger partial charge < -0.3 is 14.7 Å². The molecule has 0 fully saturated rings. The maximum atomic E-state index is 12.0. The predicted octanol–water partition coefficient (Wildman–Crippen LogP) is 4.60. The largest absolute Gasteiger partial charge is 0.447 e. The van der Waals surface area contributed by atoms with E-state index in [1.54, 1.807) is 0 Å². The first kappa shape index (κ1) is 21.2. The zero-order valence-corrected chi connectivity index (χ0v) is 15.2. The van der Waals surface area contributed by atoms with Crippen LogP contribution in [-0.4, -0.2) is 42.4 Å². The molecule has 22 heavy (non-hydrogen) atoms. The Labute approximate surface area is 137 Å².